The minimum absolute atomic E-state index is 0.115. The second-order valence-corrected chi connectivity index (χ2v) is 5.02. The molecule has 3 nitrogen and oxygen atoms in total. The molecule has 0 atom stereocenters. The van der Waals surface area contributed by atoms with Gasteiger partial charge in [0.05, 0.1) is 0 Å². The lowest BCUT2D eigenvalue weighted by Gasteiger charge is -2.17. The van der Waals surface area contributed by atoms with Crippen LogP contribution in [-0.4, -0.2) is 18.0 Å². The lowest BCUT2D eigenvalue weighted by atomic mass is 10.00. The Morgan fingerprint density at radius 3 is 2.43 bits per heavy atom. The van der Waals surface area contributed by atoms with Crippen LogP contribution in [0.25, 0.3) is 0 Å². The standard InChI is InChI=1S/C11H24N2O/c1-9(2)6-8-13-10(14)5-7-11(3,4)12/h9H,5-8,12H2,1-4H3,(H,13,14). The highest BCUT2D eigenvalue weighted by molar-refractivity contribution is 5.75. The quantitative estimate of drug-likeness (QED) is 0.685. The van der Waals surface area contributed by atoms with Crippen LogP contribution < -0.4 is 11.1 Å². The first-order valence-electron chi connectivity index (χ1n) is 5.37. The molecule has 0 rings (SSSR count). The van der Waals surface area contributed by atoms with E-state index in [1.54, 1.807) is 0 Å². The maximum absolute atomic E-state index is 11.3. The largest absolute Gasteiger partial charge is 0.356 e. The summed E-state index contributed by atoms with van der Waals surface area (Å²) in [6, 6.07) is 0. The zero-order valence-corrected chi connectivity index (χ0v) is 9.89. The summed E-state index contributed by atoms with van der Waals surface area (Å²) in [7, 11) is 0. The van der Waals surface area contributed by atoms with Crippen LogP contribution in [0, 0.1) is 5.92 Å². The zero-order valence-electron chi connectivity index (χ0n) is 9.89. The maximum Gasteiger partial charge on any atom is 0.220 e. The molecule has 14 heavy (non-hydrogen) atoms. The molecule has 0 aliphatic rings. The van der Waals surface area contributed by atoms with Gasteiger partial charge in [0.1, 0.15) is 0 Å². The van der Waals surface area contributed by atoms with E-state index in [0.717, 1.165) is 19.4 Å². The van der Waals surface area contributed by atoms with E-state index >= 15 is 0 Å². The molecule has 1 amide bonds. The summed E-state index contributed by atoms with van der Waals surface area (Å²) >= 11 is 0. The van der Waals surface area contributed by atoms with Gasteiger partial charge in [-0.05, 0) is 32.6 Å². The highest BCUT2D eigenvalue weighted by Gasteiger charge is 2.12. The highest BCUT2D eigenvalue weighted by atomic mass is 16.1. The van der Waals surface area contributed by atoms with Crippen molar-refractivity contribution in [1.82, 2.24) is 5.32 Å². The van der Waals surface area contributed by atoms with Gasteiger partial charge in [-0.3, -0.25) is 4.79 Å². The summed E-state index contributed by atoms with van der Waals surface area (Å²) in [6.45, 7) is 8.95. The van der Waals surface area contributed by atoms with E-state index in [0.29, 0.717) is 12.3 Å². The van der Waals surface area contributed by atoms with Crippen LogP contribution in [0.2, 0.25) is 0 Å². The molecule has 0 aliphatic heterocycles. The van der Waals surface area contributed by atoms with Crippen molar-refractivity contribution < 1.29 is 4.79 Å². The predicted octanol–water partition coefficient (Wildman–Crippen LogP) is 1.67. The molecule has 0 spiro atoms. The first kappa shape index (κ1) is 13.4. The van der Waals surface area contributed by atoms with E-state index in [1.165, 1.54) is 0 Å². The molecule has 0 aliphatic carbocycles. The second-order valence-electron chi connectivity index (χ2n) is 5.02. The first-order chi connectivity index (χ1) is 6.31. The fraction of sp³-hybridized carbons (Fsp3) is 0.909. The third-order valence-corrected chi connectivity index (χ3v) is 2.04. The molecule has 0 unspecified atom stereocenters. The molecular formula is C11H24N2O. The Bertz CT molecular complexity index is 171. The molecule has 0 aromatic heterocycles. The molecule has 3 N–H and O–H groups in total. The number of carbonyl (C=O) groups is 1. The highest BCUT2D eigenvalue weighted by Crippen LogP contribution is 2.06. The normalized spacial score (nSPS) is 11.9. The van der Waals surface area contributed by atoms with Gasteiger partial charge in [-0.25, -0.2) is 0 Å². The number of nitrogens with one attached hydrogen (secondary N) is 1. The van der Waals surface area contributed by atoms with Crippen molar-refractivity contribution in [3.63, 3.8) is 0 Å². The van der Waals surface area contributed by atoms with Crippen molar-refractivity contribution >= 4 is 5.91 Å². The molecule has 0 radical (unpaired) electrons. The maximum atomic E-state index is 11.3. The molecule has 0 aromatic rings. The summed E-state index contributed by atoms with van der Waals surface area (Å²) in [5.41, 5.74) is 5.54. The Balaban J connectivity index is 3.47. The fourth-order valence-corrected chi connectivity index (χ4v) is 1.02. The van der Waals surface area contributed by atoms with Crippen LogP contribution in [0.1, 0.15) is 47.0 Å². The van der Waals surface area contributed by atoms with Crippen LogP contribution in [0.3, 0.4) is 0 Å². The van der Waals surface area contributed by atoms with Crippen molar-refractivity contribution in [2.24, 2.45) is 11.7 Å². The Hall–Kier alpha value is -0.570. The molecule has 0 saturated carbocycles. The molecule has 3 heteroatoms. The molecule has 0 saturated heterocycles. The Morgan fingerprint density at radius 2 is 2.00 bits per heavy atom. The molecule has 0 bridgehead atoms. The molecule has 84 valence electrons. The monoisotopic (exact) mass is 200 g/mol. The Kier molecular flexibility index (Phi) is 5.77. The average molecular weight is 200 g/mol. The van der Waals surface area contributed by atoms with Gasteiger partial charge in [-0.1, -0.05) is 13.8 Å². The average Bonchev–Trinajstić information content (AvgIpc) is 1.99. The van der Waals surface area contributed by atoms with Crippen molar-refractivity contribution in [2.45, 2.75) is 52.5 Å². The van der Waals surface area contributed by atoms with Crippen LogP contribution in [-0.2, 0) is 4.79 Å². The van der Waals surface area contributed by atoms with Gasteiger partial charge >= 0.3 is 0 Å². The molecule has 0 fully saturated rings. The number of nitrogens with two attached hydrogens (primary N) is 1. The lowest BCUT2D eigenvalue weighted by molar-refractivity contribution is -0.121. The van der Waals surface area contributed by atoms with Crippen LogP contribution in [0.4, 0.5) is 0 Å². The van der Waals surface area contributed by atoms with Crippen molar-refractivity contribution in [2.75, 3.05) is 6.54 Å². The number of hydrogen-bond acceptors (Lipinski definition) is 2. The van der Waals surface area contributed by atoms with Gasteiger partial charge in [-0.2, -0.15) is 0 Å². The first-order valence-corrected chi connectivity index (χ1v) is 5.37. The lowest BCUT2D eigenvalue weighted by Crippen LogP contribution is -2.34. The summed E-state index contributed by atoms with van der Waals surface area (Å²) in [5.74, 6) is 0.755. The van der Waals surface area contributed by atoms with E-state index in [1.807, 2.05) is 13.8 Å². The Morgan fingerprint density at radius 1 is 1.43 bits per heavy atom. The minimum atomic E-state index is -0.241. The summed E-state index contributed by atoms with van der Waals surface area (Å²) in [5, 5.41) is 2.89. The van der Waals surface area contributed by atoms with Gasteiger partial charge in [0.25, 0.3) is 0 Å². The van der Waals surface area contributed by atoms with Crippen LogP contribution in [0.15, 0.2) is 0 Å². The van der Waals surface area contributed by atoms with Gasteiger partial charge in [0.15, 0.2) is 0 Å². The summed E-state index contributed by atoms with van der Waals surface area (Å²) in [4.78, 5) is 11.3. The van der Waals surface area contributed by atoms with Gasteiger partial charge in [-0.15, -0.1) is 0 Å². The number of hydrogen-bond donors (Lipinski definition) is 2. The van der Waals surface area contributed by atoms with E-state index in [9.17, 15) is 4.79 Å². The zero-order chi connectivity index (χ0) is 11.2. The van der Waals surface area contributed by atoms with Gasteiger partial charge in [0, 0.05) is 18.5 Å². The number of amides is 1. The summed E-state index contributed by atoms with van der Waals surface area (Å²) < 4.78 is 0. The fourth-order valence-electron chi connectivity index (χ4n) is 1.02. The smallest absolute Gasteiger partial charge is 0.220 e. The topological polar surface area (TPSA) is 55.1 Å². The Labute approximate surface area is 87.4 Å². The second kappa shape index (κ2) is 6.02. The third-order valence-electron chi connectivity index (χ3n) is 2.04. The van der Waals surface area contributed by atoms with Gasteiger partial charge < -0.3 is 11.1 Å². The van der Waals surface area contributed by atoms with Crippen LogP contribution >= 0.6 is 0 Å². The number of rotatable bonds is 6. The van der Waals surface area contributed by atoms with Crippen molar-refractivity contribution in [1.29, 1.82) is 0 Å². The van der Waals surface area contributed by atoms with Crippen molar-refractivity contribution in [3.05, 3.63) is 0 Å². The van der Waals surface area contributed by atoms with E-state index in [2.05, 4.69) is 19.2 Å². The van der Waals surface area contributed by atoms with Crippen molar-refractivity contribution in [3.8, 4) is 0 Å². The molecular weight excluding hydrogens is 176 g/mol. The van der Waals surface area contributed by atoms with Crippen LogP contribution in [0.5, 0.6) is 0 Å². The van der Waals surface area contributed by atoms with Gasteiger partial charge in [0.2, 0.25) is 5.91 Å². The SMILES string of the molecule is CC(C)CCNC(=O)CCC(C)(C)N. The van der Waals surface area contributed by atoms with E-state index < -0.39 is 0 Å². The molecule has 0 heterocycles. The third kappa shape index (κ3) is 9.52. The number of carbonyl (C=O) groups excluding carboxylic acids is 1. The predicted molar refractivity (Wildman–Crippen MR) is 60.0 cm³/mol. The summed E-state index contributed by atoms with van der Waals surface area (Å²) in [6.07, 6.45) is 2.31. The minimum Gasteiger partial charge on any atom is -0.356 e. The van der Waals surface area contributed by atoms with E-state index in [4.69, 9.17) is 5.73 Å². The van der Waals surface area contributed by atoms with E-state index in [-0.39, 0.29) is 11.4 Å². The molecule has 0 aromatic carbocycles.